The molecule has 3 aromatic rings. The van der Waals surface area contributed by atoms with Gasteiger partial charge in [0.15, 0.2) is 0 Å². The van der Waals surface area contributed by atoms with Crippen LogP contribution < -0.4 is 14.2 Å². The summed E-state index contributed by atoms with van der Waals surface area (Å²) in [5.74, 6) is -29.2. The number of nitrogens with zero attached hydrogens (tertiary/aromatic N) is 2. The van der Waals surface area contributed by atoms with E-state index in [4.69, 9.17) is 14.2 Å². The maximum absolute atomic E-state index is 14.0. The van der Waals surface area contributed by atoms with E-state index in [2.05, 4.69) is 9.47 Å². The van der Waals surface area contributed by atoms with Gasteiger partial charge in [-0.05, 0) is 33.2 Å². The van der Waals surface area contributed by atoms with Crippen LogP contribution in [0.25, 0.3) is 0 Å². The zero-order valence-electron chi connectivity index (χ0n) is 25.4. The van der Waals surface area contributed by atoms with Crippen molar-refractivity contribution >= 4 is 18.4 Å². The van der Waals surface area contributed by atoms with E-state index in [0.29, 0.717) is 6.54 Å². The van der Waals surface area contributed by atoms with Crippen LogP contribution in [0.3, 0.4) is 0 Å². The van der Waals surface area contributed by atoms with Crippen molar-refractivity contribution < 1.29 is 82.0 Å². The van der Waals surface area contributed by atoms with Crippen molar-refractivity contribution in [2.75, 3.05) is 34.2 Å². The van der Waals surface area contributed by atoms with Crippen molar-refractivity contribution in [1.82, 2.24) is 9.80 Å². The molecule has 0 aliphatic carbocycles. The second-order valence-electron chi connectivity index (χ2n) is 10.1. The molecule has 0 aliphatic rings. The smallest absolute Gasteiger partial charge is 0.429 e. The average Bonchev–Trinajstić information content (AvgIpc) is 3.06. The molecule has 3 aromatic carbocycles. The van der Waals surface area contributed by atoms with E-state index in [1.165, 1.54) is 26.1 Å². The molecule has 0 N–H and O–H groups in total. The molecule has 266 valence electrons. The molecule has 0 saturated carbocycles. The number of likely N-dealkylation sites (N-methyl/N-ethyl adjacent to an activating group) is 2. The van der Waals surface area contributed by atoms with E-state index in [-0.39, 0.29) is 23.2 Å². The highest BCUT2D eigenvalue weighted by atomic mass is 19.2. The number of ether oxygens (including phenoxy) is 5. The van der Waals surface area contributed by atoms with Crippen LogP contribution in [0, 0.1) is 65.1 Å². The Kier molecular flexibility index (Phi) is 12.3. The molecule has 0 fully saturated rings. The highest BCUT2D eigenvalue weighted by molar-refractivity contribution is 5.72. The lowest BCUT2D eigenvalue weighted by molar-refractivity contribution is 0.0863. The van der Waals surface area contributed by atoms with Crippen molar-refractivity contribution in [1.29, 1.82) is 0 Å². The molecule has 0 saturated heterocycles. The lowest BCUT2D eigenvalue weighted by Gasteiger charge is -2.22. The second kappa shape index (κ2) is 15.8. The van der Waals surface area contributed by atoms with Gasteiger partial charge in [0, 0.05) is 31.3 Å². The Morgan fingerprint density at radius 2 is 0.878 bits per heavy atom. The van der Waals surface area contributed by atoms with E-state index < -0.39 is 107 Å². The molecule has 0 spiro atoms. The van der Waals surface area contributed by atoms with Crippen LogP contribution in [0.5, 0.6) is 17.2 Å². The first kappa shape index (κ1) is 38.2. The fourth-order valence-electron chi connectivity index (χ4n) is 3.73. The highest BCUT2D eigenvalue weighted by Crippen LogP contribution is 2.32. The summed E-state index contributed by atoms with van der Waals surface area (Å²) in [6.45, 7) is -0.123. The average molecular weight is 716 g/mol. The molecule has 0 unspecified atom stereocenters. The molecular weight excluding hydrogens is 694 g/mol. The van der Waals surface area contributed by atoms with Crippen LogP contribution in [0.1, 0.15) is 16.7 Å². The van der Waals surface area contributed by atoms with Crippen LogP contribution in [0.15, 0.2) is 12.1 Å². The topological polar surface area (TPSA) is 104 Å². The Hall–Kier alpha value is -5.27. The van der Waals surface area contributed by atoms with E-state index in [1.54, 1.807) is 19.0 Å². The van der Waals surface area contributed by atoms with Gasteiger partial charge in [-0.15, -0.1) is 0 Å². The summed E-state index contributed by atoms with van der Waals surface area (Å²) in [4.78, 5) is 40.1. The summed E-state index contributed by atoms with van der Waals surface area (Å²) in [7, 11) is 4.71. The van der Waals surface area contributed by atoms with Crippen molar-refractivity contribution in [3.63, 3.8) is 0 Å². The molecule has 0 aliphatic heterocycles. The maximum Gasteiger partial charge on any atom is 0.514 e. The quantitative estimate of drug-likeness (QED) is 0.0737. The zero-order chi connectivity index (χ0) is 36.9. The second-order valence-corrected chi connectivity index (χ2v) is 10.1. The number of benzene rings is 3. The number of hydrogen-bond acceptors (Lipinski definition) is 9. The van der Waals surface area contributed by atoms with Gasteiger partial charge in [-0.3, -0.25) is 0 Å². The van der Waals surface area contributed by atoms with Gasteiger partial charge < -0.3 is 33.5 Å². The van der Waals surface area contributed by atoms with Crippen LogP contribution in [0.2, 0.25) is 0 Å². The van der Waals surface area contributed by atoms with Crippen molar-refractivity contribution in [2.45, 2.75) is 20.1 Å². The molecule has 0 bridgehead atoms. The largest absolute Gasteiger partial charge is 0.514 e. The molecule has 3 rings (SSSR count). The SMILES string of the molecule is Cc1cc(COC(=O)Oc2c(F)c(F)c(F)c(F)c2F)c(OC(=O)N(C)CCN(C)C)c(COC(=O)Oc2c(F)c(F)c(F)c(F)c2F)c1. The van der Waals surface area contributed by atoms with Crippen molar-refractivity contribution in [2.24, 2.45) is 0 Å². The van der Waals surface area contributed by atoms with Gasteiger partial charge in [0.05, 0.1) is 0 Å². The number of amides is 1. The third kappa shape index (κ3) is 8.80. The van der Waals surface area contributed by atoms with Gasteiger partial charge in [0.1, 0.15) is 19.0 Å². The number of aryl methyl sites for hydroxylation is 1. The lowest BCUT2D eigenvalue weighted by atomic mass is 10.1. The summed E-state index contributed by atoms with van der Waals surface area (Å²) < 4.78 is 160. The number of halogens is 10. The third-order valence-electron chi connectivity index (χ3n) is 6.17. The first-order valence-corrected chi connectivity index (χ1v) is 13.3. The molecule has 10 nitrogen and oxygen atoms in total. The standard InChI is InChI=1S/C29H22F10N2O8/c1-11-7-12(9-45-28(43)48-25-20(36)16(32)14(30)17(33)21(25)37)24(47-27(42)41(4)6-5-40(2)3)13(8-11)10-46-29(44)49-26-22(38)18(34)15(31)19(35)23(26)39/h7-8H,5-6,9-10H2,1-4H3. The minimum absolute atomic E-state index is 0.0951. The van der Waals surface area contributed by atoms with Gasteiger partial charge in [-0.1, -0.05) is 5.56 Å². The Labute approximate surface area is 269 Å². The third-order valence-corrected chi connectivity index (χ3v) is 6.17. The summed E-state index contributed by atoms with van der Waals surface area (Å²) >= 11 is 0. The van der Waals surface area contributed by atoms with Crippen molar-refractivity contribution in [3.05, 3.63) is 87.0 Å². The predicted molar refractivity (Wildman–Crippen MR) is 142 cm³/mol. The number of carbonyl (C=O) groups excluding carboxylic acids is 3. The van der Waals surface area contributed by atoms with Crippen LogP contribution >= 0.6 is 0 Å². The van der Waals surface area contributed by atoms with Gasteiger partial charge in [0.2, 0.25) is 69.7 Å². The molecule has 0 atom stereocenters. The van der Waals surface area contributed by atoms with Crippen LogP contribution in [0.4, 0.5) is 58.3 Å². The minimum Gasteiger partial charge on any atom is -0.429 e. The van der Waals surface area contributed by atoms with Crippen molar-refractivity contribution in [3.8, 4) is 17.2 Å². The van der Waals surface area contributed by atoms with Crippen LogP contribution in [-0.4, -0.2) is 62.4 Å². The fourth-order valence-corrected chi connectivity index (χ4v) is 3.73. The Balaban J connectivity index is 1.90. The number of hydrogen-bond donors (Lipinski definition) is 0. The Morgan fingerprint density at radius 1 is 0.531 bits per heavy atom. The Bertz CT molecular complexity index is 1620. The van der Waals surface area contributed by atoms with Gasteiger partial charge >= 0.3 is 18.4 Å². The first-order chi connectivity index (χ1) is 22.8. The van der Waals surface area contributed by atoms with Crippen LogP contribution in [-0.2, 0) is 22.7 Å². The summed E-state index contributed by atoms with van der Waals surface area (Å²) in [6.07, 6.45) is -5.04. The van der Waals surface area contributed by atoms with E-state index in [0.717, 1.165) is 4.90 Å². The molecule has 0 radical (unpaired) electrons. The van der Waals surface area contributed by atoms with E-state index >= 15 is 0 Å². The predicted octanol–water partition coefficient (Wildman–Crippen LogP) is 6.81. The number of carbonyl (C=O) groups is 3. The fraction of sp³-hybridized carbons (Fsp3) is 0.276. The van der Waals surface area contributed by atoms with E-state index in [1.807, 2.05) is 0 Å². The molecule has 0 aromatic heterocycles. The van der Waals surface area contributed by atoms with Gasteiger partial charge in [0.25, 0.3) is 0 Å². The molecule has 20 heteroatoms. The molecule has 0 heterocycles. The molecular formula is C29H22F10N2O8. The normalized spacial score (nSPS) is 11.0. The molecule has 49 heavy (non-hydrogen) atoms. The summed E-state index contributed by atoms with van der Waals surface area (Å²) in [6, 6.07) is 2.43. The zero-order valence-corrected chi connectivity index (χ0v) is 25.4. The Morgan fingerprint density at radius 3 is 1.22 bits per heavy atom. The lowest BCUT2D eigenvalue weighted by Crippen LogP contribution is -2.35. The van der Waals surface area contributed by atoms with Gasteiger partial charge in [-0.2, -0.15) is 17.6 Å². The monoisotopic (exact) mass is 716 g/mol. The van der Waals surface area contributed by atoms with E-state index in [9.17, 15) is 58.3 Å². The highest BCUT2D eigenvalue weighted by Gasteiger charge is 2.31. The van der Waals surface area contributed by atoms with Gasteiger partial charge in [-0.25, -0.2) is 40.7 Å². The first-order valence-electron chi connectivity index (χ1n) is 13.3. The minimum atomic E-state index is -2.52. The summed E-state index contributed by atoms with van der Waals surface area (Å²) in [5, 5.41) is 0. The summed E-state index contributed by atoms with van der Waals surface area (Å²) in [5.41, 5.74) is -0.259. The molecule has 1 amide bonds. The number of rotatable bonds is 10. The maximum atomic E-state index is 14.0.